The van der Waals surface area contributed by atoms with E-state index in [4.69, 9.17) is 20.6 Å². The van der Waals surface area contributed by atoms with E-state index in [9.17, 15) is 9.90 Å². The average Bonchev–Trinajstić information content (AvgIpc) is 3.32. The Labute approximate surface area is 185 Å². The van der Waals surface area contributed by atoms with Gasteiger partial charge in [0.1, 0.15) is 18.5 Å². The number of aryl methyl sites for hydroxylation is 1. The summed E-state index contributed by atoms with van der Waals surface area (Å²) in [5.41, 5.74) is 2.41. The van der Waals surface area contributed by atoms with E-state index in [0.717, 1.165) is 37.0 Å². The van der Waals surface area contributed by atoms with Crippen molar-refractivity contribution in [2.45, 2.75) is 63.6 Å². The maximum atomic E-state index is 11.8. The Morgan fingerprint density at radius 2 is 2.23 bits per heavy atom. The Balaban J connectivity index is 1.60. The number of para-hydroxylation sites is 1. The number of ether oxygens (including phenoxy) is 3. The number of esters is 1. The topological polar surface area (TPSA) is 65.0 Å². The molecule has 168 valence electrons. The van der Waals surface area contributed by atoms with E-state index in [1.54, 1.807) is 7.11 Å². The first-order valence-electron chi connectivity index (χ1n) is 11.3. The Kier molecular flexibility index (Phi) is 8.57. The second kappa shape index (κ2) is 11.4. The van der Waals surface area contributed by atoms with Crippen LogP contribution in [0.4, 0.5) is 0 Å². The van der Waals surface area contributed by atoms with E-state index >= 15 is 0 Å². The van der Waals surface area contributed by atoms with Crippen LogP contribution in [0, 0.1) is 24.2 Å². The predicted octanol–water partition coefficient (Wildman–Crippen LogP) is 4.03. The Morgan fingerprint density at radius 1 is 1.39 bits per heavy atom. The molecule has 2 aliphatic rings. The summed E-state index contributed by atoms with van der Waals surface area (Å²) in [6, 6.07) is 6.33. The molecular formula is C26H34O5. The summed E-state index contributed by atoms with van der Waals surface area (Å²) in [4.78, 5) is 11.8. The maximum absolute atomic E-state index is 11.8. The summed E-state index contributed by atoms with van der Waals surface area (Å²) in [7, 11) is 1.58. The molecule has 0 aromatic heterocycles. The minimum atomic E-state index is -0.521. The molecule has 3 rings (SSSR count). The Hall–Kier alpha value is -2.29. The lowest BCUT2D eigenvalue weighted by Crippen LogP contribution is -2.16. The highest BCUT2D eigenvalue weighted by Gasteiger charge is 2.44. The van der Waals surface area contributed by atoms with Crippen molar-refractivity contribution in [1.82, 2.24) is 0 Å². The fourth-order valence-electron chi connectivity index (χ4n) is 4.62. The molecule has 1 aliphatic heterocycles. The first-order chi connectivity index (χ1) is 15.0. The highest BCUT2D eigenvalue weighted by Crippen LogP contribution is 2.51. The second-order valence-corrected chi connectivity index (χ2v) is 8.59. The van der Waals surface area contributed by atoms with Crippen molar-refractivity contribution >= 4 is 5.97 Å². The van der Waals surface area contributed by atoms with Crippen molar-refractivity contribution in [3.63, 3.8) is 0 Å². The summed E-state index contributed by atoms with van der Waals surface area (Å²) in [5.74, 6) is 4.15. The number of allylic oxidation sites excluding steroid dienone is 1. The van der Waals surface area contributed by atoms with Gasteiger partial charge in [-0.2, -0.15) is 0 Å². The van der Waals surface area contributed by atoms with Crippen LogP contribution in [0.25, 0.3) is 0 Å². The summed E-state index contributed by atoms with van der Waals surface area (Å²) in [6.07, 6.45) is 13.6. The van der Waals surface area contributed by atoms with E-state index in [1.807, 2.05) is 13.0 Å². The van der Waals surface area contributed by atoms with Gasteiger partial charge in [0.25, 0.3) is 0 Å². The number of fused-ring (bicyclic) bond motifs is 3. The van der Waals surface area contributed by atoms with Crippen molar-refractivity contribution in [2.24, 2.45) is 11.8 Å². The van der Waals surface area contributed by atoms with Gasteiger partial charge < -0.3 is 19.3 Å². The molecule has 5 heteroatoms. The third-order valence-electron chi connectivity index (χ3n) is 6.36. The molecular weight excluding hydrogens is 392 g/mol. The van der Waals surface area contributed by atoms with Crippen LogP contribution in [0.2, 0.25) is 0 Å². The monoisotopic (exact) mass is 426 g/mol. The standard InChI is InChI=1S/C26H34O5/c1-4-7-18(2)22(27)14-12-19-13-15-23-25(19)21-10-5-8-20(26(21)31-23)9-6-11-24(28)30-17-16-29-3/h1,5,8,10,12,14,18-19,22-23,25,27H,6-7,9,11,13,15-17H2,2-3H3/b14-12+. The van der Waals surface area contributed by atoms with Crippen LogP contribution in [-0.4, -0.2) is 43.6 Å². The van der Waals surface area contributed by atoms with Crippen LogP contribution >= 0.6 is 0 Å². The van der Waals surface area contributed by atoms with Crippen LogP contribution in [0.5, 0.6) is 5.75 Å². The van der Waals surface area contributed by atoms with Gasteiger partial charge in [-0.15, -0.1) is 12.3 Å². The van der Waals surface area contributed by atoms with E-state index < -0.39 is 6.10 Å². The summed E-state index contributed by atoms with van der Waals surface area (Å²) in [5, 5.41) is 10.3. The molecule has 0 amide bonds. The third-order valence-corrected chi connectivity index (χ3v) is 6.36. The molecule has 1 fully saturated rings. The van der Waals surface area contributed by atoms with Crippen molar-refractivity contribution < 1.29 is 24.1 Å². The summed E-state index contributed by atoms with van der Waals surface area (Å²) >= 11 is 0. The maximum Gasteiger partial charge on any atom is 0.305 e. The van der Waals surface area contributed by atoms with Crippen LogP contribution in [0.15, 0.2) is 30.4 Å². The van der Waals surface area contributed by atoms with E-state index in [2.05, 4.69) is 30.2 Å². The van der Waals surface area contributed by atoms with Gasteiger partial charge in [0, 0.05) is 31.4 Å². The number of methoxy groups -OCH3 is 1. The van der Waals surface area contributed by atoms with Gasteiger partial charge >= 0.3 is 5.97 Å². The molecule has 31 heavy (non-hydrogen) atoms. The second-order valence-electron chi connectivity index (χ2n) is 8.59. The number of hydrogen-bond acceptors (Lipinski definition) is 5. The lowest BCUT2D eigenvalue weighted by molar-refractivity contribution is -0.145. The first kappa shape index (κ1) is 23.4. The van der Waals surface area contributed by atoms with Gasteiger partial charge in [-0.25, -0.2) is 0 Å². The van der Waals surface area contributed by atoms with Gasteiger partial charge in [0.2, 0.25) is 0 Å². The van der Waals surface area contributed by atoms with E-state index in [0.29, 0.717) is 37.9 Å². The van der Waals surface area contributed by atoms with Crippen LogP contribution < -0.4 is 4.74 Å². The number of rotatable bonds is 11. The van der Waals surface area contributed by atoms with Crippen LogP contribution in [0.3, 0.4) is 0 Å². The number of aliphatic hydroxyl groups is 1. The largest absolute Gasteiger partial charge is 0.489 e. The van der Waals surface area contributed by atoms with Crippen molar-refractivity contribution in [2.75, 3.05) is 20.3 Å². The number of aliphatic hydroxyl groups excluding tert-OH is 1. The van der Waals surface area contributed by atoms with Gasteiger partial charge in [-0.1, -0.05) is 37.3 Å². The van der Waals surface area contributed by atoms with Gasteiger partial charge in [0.15, 0.2) is 0 Å². The fourth-order valence-corrected chi connectivity index (χ4v) is 4.62. The fraction of sp³-hybridized carbons (Fsp3) is 0.577. The van der Waals surface area contributed by atoms with Crippen LogP contribution in [-0.2, 0) is 20.7 Å². The number of terminal acetylenes is 1. The lowest BCUT2D eigenvalue weighted by Gasteiger charge is -2.17. The molecule has 1 aliphatic carbocycles. The molecule has 0 saturated heterocycles. The molecule has 0 spiro atoms. The number of carbonyl (C=O) groups excluding carboxylic acids is 1. The van der Waals surface area contributed by atoms with E-state index in [-0.39, 0.29) is 18.0 Å². The van der Waals surface area contributed by atoms with Gasteiger partial charge in [0.05, 0.1) is 12.7 Å². The molecule has 0 radical (unpaired) electrons. The molecule has 1 aromatic carbocycles. The van der Waals surface area contributed by atoms with Crippen LogP contribution in [0.1, 0.15) is 56.1 Å². The smallest absolute Gasteiger partial charge is 0.305 e. The number of carbonyl (C=O) groups is 1. The molecule has 1 N–H and O–H groups in total. The predicted molar refractivity (Wildman–Crippen MR) is 120 cm³/mol. The molecule has 1 saturated carbocycles. The quantitative estimate of drug-likeness (QED) is 0.250. The average molecular weight is 427 g/mol. The Bertz CT molecular complexity index is 809. The highest BCUT2D eigenvalue weighted by atomic mass is 16.6. The summed E-state index contributed by atoms with van der Waals surface area (Å²) < 4.78 is 16.4. The van der Waals surface area contributed by atoms with Crippen molar-refractivity contribution in [3.05, 3.63) is 41.5 Å². The zero-order valence-corrected chi connectivity index (χ0v) is 18.6. The molecule has 0 bridgehead atoms. The lowest BCUT2D eigenvalue weighted by atomic mass is 9.86. The van der Waals surface area contributed by atoms with Crippen molar-refractivity contribution in [1.29, 1.82) is 0 Å². The zero-order valence-electron chi connectivity index (χ0n) is 18.6. The molecule has 5 nitrogen and oxygen atoms in total. The molecule has 5 unspecified atom stereocenters. The zero-order chi connectivity index (χ0) is 22.2. The number of hydrogen-bond donors (Lipinski definition) is 1. The van der Waals surface area contributed by atoms with Gasteiger partial charge in [-0.3, -0.25) is 4.79 Å². The Morgan fingerprint density at radius 3 is 3.00 bits per heavy atom. The SMILES string of the molecule is C#CCC(C)C(O)/C=C/C1CCC2Oc3c(CCCC(=O)OCCOC)cccc3C12. The molecule has 1 heterocycles. The molecule has 1 aromatic rings. The number of benzene rings is 1. The normalized spacial score (nSPS) is 23.6. The molecule has 5 atom stereocenters. The van der Waals surface area contributed by atoms with E-state index in [1.165, 1.54) is 5.56 Å². The minimum Gasteiger partial charge on any atom is -0.489 e. The summed E-state index contributed by atoms with van der Waals surface area (Å²) in [6.45, 7) is 2.69. The first-order valence-corrected chi connectivity index (χ1v) is 11.3. The highest BCUT2D eigenvalue weighted by molar-refractivity contribution is 5.69. The van der Waals surface area contributed by atoms with Crippen molar-refractivity contribution in [3.8, 4) is 18.1 Å². The third kappa shape index (κ3) is 5.90. The van der Waals surface area contributed by atoms with Gasteiger partial charge in [-0.05, 0) is 43.1 Å². The minimum absolute atomic E-state index is 0.0540.